The van der Waals surface area contributed by atoms with E-state index in [1.54, 1.807) is 6.21 Å². The molecule has 5 nitrogen and oxygen atoms in total. The molecule has 0 unspecified atom stereocenters. The lowest BCUT2D eigenvalue weighted by molar-refractivity contribution is 0.217. The quantitative estimate of drug-likeness (QED) is 0.520. The average molecular weight is 404 g/mol. The average Bonchev–Trinajstić information content (AvgIpc) is 2.59. The van der Waals surface area contributed by atoms with Crippen LogP contribution in [-0.2, 0) is 0 Å². The second kappa shape index (κ2) is 9.22. The van der Waals surface area contributed by atoms with Crippen LogP contribution in [0.4, 0.5) is 10.5 Å². The molecule has 2 rings (SSSR count). The lowest BCUT2D eigenvalue weighted by Gasteiger charge is -2.12. The second-order valence-electron chi connectivity index (χ2n) is 5.69. The Labute approximate surface area is 156 Å². The zero-order valence-corrected chi connectivity index (χ0v) is 16.1. The third kappa shape index (κ3) is 6.23. The Morgan fingerprint density at radius 3 is 2.64 bits per heavy atom. The van der Waals surface area contributed by atoms with Crippen LogP contribution in [0.3, 0.4) is 0 Å². The highest BCUT2D eigenvalue weighted by Gasteiger charge is 2.02. The van der Waals surface area contributed by atoms with Crippen molar-refractivity contribution in [2.24, 2.45) is 5.10 Å². The predicted molar refractivity (Wildman–Crippen MR) is 105 cm³/mol. The number of carbonyl (C=O) groups is 1. The molecule has 0 aliphatic rings. The van der Waals surface area contributed by atoms with E-state index < -0.39 is 6.03 Å². The number of hydrogen-bond donors (Lipinski definition) is 2. The van der Waals surface area contributed by atoms with Gasteiger partial charge in [0.05, 0.1) is 12.3 Å². The molecule has 2 amide bonds. The maximum Gasteiger partial charge on any atom is 0.339 e. The molecule has 0 aromatic heterocycles. The molecule has 0 heterocycles. The number of hydrazone groups is 1. The Bertz CT molecular complexity index is 745. The number of nitrogens with zero attached hydrogens (tertiary/aromatic N) is 1. The number of ether oxygens (including phenoxy) is 1. The SMILES string of the molecule is CC[C@H](C)Oc1ccc(/C=N/NC(=O)Nc2ccc(Br)c(C)c2)cc1. The van der Waals surface area contributed by atoms with Crippen molar-refractivity contribution >= 4 is 33.9 Å². The van der Waals surface area contributed by atoms with E-state index >= 15 is 0 Å². The number of benzene rings is 2. The first-order valence-corrected chi connectivity index (χ1v) is 8.90. The van der Waals surface area contributed by atoms with Crippen LogP contribution in [0.2, 0.25) is 0 Å². The molecule has 0 bridgehead atoms. The van der Waals surface area contributed by atoms with Crippen molar-refractivity contribution < 1.29 is 9.53 Å². The monoisotopic (exact) mass is 403 g/mol. The van der Waals surface area contributed by atoms with E-state index in [0.29, 0.717) is 5.69 Å². The summed E-state index contributed by atoms with van der Waals surface area (Å²) in [6, 6.07) is 12.7. The lowest BCUT2D eigenvalue weighted by atomic mass is 10.2. The molecular weight excluding hydrogens is 382 g/mol. The Kier molecular flexibility index (Phi) is 7.01. The number of nitrogens with one attached hydrogen (secondary N) is 2. The topological polar surface area (TPSA) is 62.7 Å². The fourth-order valence-electron chi connectivity index (χ4n) is 2.00. The molecular formula is C19H22BrN3O2. The van der Waals surface area contributed by atoms with Gasteiger partial charge in [0.15, 0.2) is 0 Å². The Morgan fingerprint density at radius 1 is 1.28 bits per heavy atom. The summed E-state index contributed by atoms with van der Waals surface area (Å²) in [7, 11) is 0. The molecule has 132 valence electrons. The van der Waals surface area contributed by atoms with Gasteiger partial charge in [0.1, 0.15) is 5.75 Å². The van der Waals surface area contributed by atoms with Crippen molar-refractivity contribution in [2.45, 2.75) is 33.3 Å². The summed E-state index contributed by atoms with van der Waals surface area (Å²) in [5.41, 5.74) is 5.07. The molecule has 2 aromatic rings. The van der Waals surface area contributed by atoms with Gasteiger partial charge >= 0.3 is 6.03 Å². The lowest BCUT2D eigenvalue weighted by Crippen LogP contribution is -2.24. The molecule has 2 aromatic carbocycles. The summed E-state index contributed by atoms with van der Waals surface area (Å²) >= 11 is 3.42. The first kappa shape index (κ1) is 19.0. The first-order chi connectivity index (χ1) is 12.0. The molecule has 0 saturated carbocycles. The third-order valence-corrected chi connectivity index (χ3v) is 4.48. The zero-order chi connectivity index (χ0) is 18.2. The van der Waals surface area contributed by atoms with Crippen LogP contribution in [0.1, 0.15) is 31.4 Å². The molecule has 0 radical (unpaired) electrons. The largest absolute Gasteiger partial charge is 0.491 e. The van der Waals surface area contributed by atoms with Crippen molar-refractivity contribution in [2.75, 3.05) is 5.32 Å². The zero-order valence-electron chi connectivity index (χ0n) is 14.5. The molecule has 0 aliphatic carbocycles. The molecule has 6 heteroatoms. The summed E-state index contributed by atoms with van der Waals surface area (Å²) in [4.78, 5) is 11.8. The minimum atomic E-state index is -0.394. The van der Waals surface area contributed by atoms with Crippen LogP contribution >= 0.6 is 15.9 Å². The number of hydrogen-bond acceptors (Lipinski definition) is 3. The molecule has 1 atom stereocenters. The smallest absolute Gasteiger partial charge is 0.339 e. The van der Waals surface area contributed by atoms with E-state index in [-0.39, 0.29) is 6.10 Å². The summed E-state index contributed by atoms with van der Waals surface area (Å²) in [5.74, 6) is 0.822. The van der Waals surface area contributed by atoms with Gasteiger partial charge in [0, 0.05) is 10.2 Å². The number of urea groups is 1. The van der Waals surface area contributed by atoms with Gasteiger partial charge in [-0.3, -0.25) is 0 Å². The van der Waals surface area contributed by atoms with Crippen LogP contribution in [0.15, 0.2) is 52.0 Å². The van der Waals surface area contributed by atoms with E-state index in [0.717, 1.165) is 27.8 Å². The van der Waals surface area contributed by atoms with E-state index in [1.165, 1.54) is 0 Å². The Balaban J connectivity index is 1.85. The Hall–Kier alpha value is -2.34. The van der Waals surface area contributed by atoms with Gasteiger partial charge in [0.2, 0.25) is 0 Å². The van der Waals surface area contributed by atoms with E-state index in [1.807, 2.05) is 56.3 Å². The van der Waals surface area contributed by atoms with Gasteiger partial charge in [-0.15, -0.1) is 0 Å². The summed E-state index contributed by atoms with van der Waals surface area (Å²) in [6.07, 6.45) is 2.73. The van der Waals surface area contributed by atoms with Crippen LogP contribution < -0.4 is 15.5 Å². The van der Waals surface area contributed by atoms with Crippen molar-refractivity contribution in [3.8, 4) is 5.75 Å². The highest BCUT2D eigenvalue weighted by molar-refractivity contribution is 9.10. The van der Waals surface area contributed by atoms with Gasteiger partial charge < -0.3 is 10.1 Å². The van der Waals surface area contributed by atoms with Crippen LogP contribution in [-0.4, -0.2) is 18.3 Å². The standard InChI is InChI=1S/C19H22BrN3O2/c1-4-14(3)25-17-8-5-15(6-9-17)12-21-23-19(24)22-16-7-10-18(20)13(2)11-16/h5-12,14H,4H2,1-3H3,(H2,22,23,24)/b21-12+/t14-/m0/s1. The number of anilines is 1. The maximum absolute atomic E-state index is 11.8. The third-order valence-electron chi connectivity index (χ3n) is 3.59. The molecule has 0 aliphatic heterocycles. The number of aryl methyl sites for hydroxylation is 1. The first-order valence-electron chi connectivity index (χ1n) is 8.11. The normalized spacial score (nSPS) is 12.0. The van der Waals surface area contributed by atoms with Gasteiger partial charge in [-0.2, -0.15) is 5.10 Å². The van der Waals surface area contributed by atoms with E-state index in [4.69, 9.17) is 4.74 Å². The second-order valence-corrected chi connectivity index (χ2v) is 6.55. The number of rotatable bonds is 6. The van der Waals surface area contributed by atoms with Crippen LogP contribution in [0, 0.1) is 6.92 Å². The van der Waals surface area contributed by atoms with Crippen molar-refractivity contribution in [1.29, 1.82) is 0 Å². The van der Waals surface area contributed by atoms with Crippen LogP contribution in [0.5, 0.6) is 5.75 Å². The number of halogens is 1. The van der Waals surface area contributed by atoms with Crippen molar-refractivity contribution in [3.63, 3.8) is 0 Å². The number of carbonyl (C=O) groups excluding carboxylic acids is 1. The van der Waals surface area contributed by atoms with E-state index in [9.17, 15) is 4.79 Å². The fourth-order valence-corrected chi connectivity index (χ4v) is 2.24. The highest BCUT2D eigenvalue weighted by Crippen LogP contribution is 2.19. The van der Waals surface area contributed by atoms with Crippen molar-refractivity contribution in [3.05, 3.63) is 58.1 Å². The number of amides is 2. The Morgan fingerprint density at radius 2 is 2.00 bits per heavy atom. The summed E-state index contributed by atoms with van der Waals surface area (Å²) in [6.45, 7) is 6.07. The minimum absolute atomic E-state index is 0.187. The molecule has 0 saturated heterocycles. The summed E-state index contributed by atoms with van der Waals surface area (Å²) < 4.78 is 6.72. The fraction of sp³-hybridized carbons (Fsp3) is 0.263. The van der Waals surface area contributed by atoms with Gasteiger partial charge in [-0.05, 0) is 73.9 Å². The van der Waals surface area contributed by atoms with Crippen molar-refractivity contribution in [1.82, 2.24) is 5.43 Å². The van der Waals surface area contributed by atoms with E-state index in [2.05, 4.69) is 38.7 Å². The predicted octanol–water partition coefficient (Wildman–Crippen LogP) is 5.09. The molecule has 0 fully saturated rings. The maximum atomic E-state index is 11.8. The molecule has 2 N–H and O–H groups in total. The van der Waals surface area contributed by atoms with Gasteiger partial charge in [-0.25, -0.2) is 10.2 Å². The van der Waals surface area contributed by atoms with Gasteiger partial charge in [-0.1, -0.05) is 22.9 Å². The molecule has 0 spiro atoms. The molecule has 25 heavy (non-hydrogen) atoms. The van der Waals surface area contributed by atoms with Crippen LogP contribution in [0.25, 0.3) is 0 Å². The minimum Gasteiger partial charge on any atom is -0.491 e. The highest BCUT2D eigenvalue weighted by atomic mass is 79.9. The summed E-state index contributed by atoms with van der Waals surface area (Å²) in [5, 5.41) is 6.68. The van der Waals surface area contributed by atoms with Gasteiger partial charge in [0.25, 0.3) is 0 Å².